The Morgan fingerprint density at radius 1 is 0.818 bits per heavy atom. The minimum absolute atomic E-state index is 0.118. The van der Waals surface area contributed by atoms with E-state index in [0.717, 1.165) is 63.4 Å². The molecule has 0 aliphatic rings. The molecule has 1 rings (SSSR count). The van der Waals surface area contributed by atoms with Crippen molar-refractivity contribution in [2.75, 3.05) is 0 Å². The van der Waals surface area contributed by atoms with Crippen molar-refractivity contribution >= 4 is 10.1 Å². The molecule has 0 amide bonds. The van der Waals surface area contributed by atoms with Gasteiger partial charge in [0.05, 0.1) is 4.90 Å². The number of benzene rings is 1. The van der Waals surface area contributed by atoms with Crippen LogP contribution >= 0.6 is 0 Å². The normalized spacial score (nSPS) is 11.8. The van der Waals surface area contributed by atoms with Crippen molar-refractivity contribution in [2.45, 2.75) is 83.5 Å². The van der Waals surface area contributed by atoms with Gasteiger partial charge in [-0.05, 0) is 61.3 Å². The Morgan fingerprint density at radius 3 is 1.82 bits per heavy atom. The van der Waals surface area contributed by atoms with Gasteiger partial charge in [0.2, 0.25) is 0 Å². The zero-order valence-electron chi connectivity index (χ0n) is 14.2. The van der Waals surface area contributed by atoms with Gasteiger partial charge in [0.1, 0.15) is 0 Å². The van der Waals surface area contributed by atoms with Crippen molar-refractivity contribution in [1.29, 1.82) is 0 Å². The molecule has 0 atom stereocenters. The van der Waals surface area contributed by atoms with Crippen LogP contribution < -0.4 is 0 Å². The van der Waals surface area contributed by atoms with Gasteiger partial charge in [0, 0.05) is 0 Å². The van der Waals surface area contributed by atoms with Crippen LogP contribution in [0.4, 0.5) is 0 Å². The zero-order chi connectivity index (χ0) is 16.6. The van der Waals surface area contributed by atoms with Crippen LogP contribution in [0.1, 0.15) is 76.0 Å². The fraction of sp³-hybridized carbons (Fsp3) is 0.667. The van der Waals surface area contributed by atoms with Crippen molar-refractivity contribution in [3.63, 3.8) is 0 Å². The summed E-state index contributed by atoms with van der Waals surface area (Å²) in [7, 11) is -4.15. The van der Waals surface area contributed by atoms with E-state index in [1.165, 1.54) is 11.1 Å². The van der Waals surface area contributed by atoms with Crippen LogP contribution in [0.25, 0.3) is 0 Å². The van der Waals surface area contributed by atoms with Crippen molar-refractivity contribution < 1.29 is 13.0 Å². The minimum atomic E-state index is -4.15. The zero-order valence-corrected chi connectivity index (χ0v) is 15.0. The largest absolute Gasteiger partial charge is 0.294 e. The third-order valence-electron chi connectivity index (χ3n) is 4.12. The molecule has 1 aromatic carbocycles. The molecular formula is C18H30O3S. The molecule has 126 valence electrons. The number of unbranched alkanes of at least 4 members (excludes halogenated alkanes) is 3. The molecule has 0 saturated carbocycles. The molecule has 1 N–H and O–H groups in total. The molecule has 0 bridgehead atoms. The summed E-state index contributed by atoms with van der Waals surface area (Å²) in [5, 5.41) is 0. The molecule has 4 heteroatoms. The fourth-order valence-electron chi connectivity index (χ4n) is 2.86. The molecule has 22 heavy (non-hydrogen) atoms. The molecule has 0 radical (unpaired) electrons. The van der Waals surface area contributed by atoms with E-state index in [1.807, 2.05) is 6.07 Å². The third kappa shape index (κ3) is 5.40. The highest BCUT2D eigenvalue weighted by molar-refractivity contribution is 7.85. The summed E-state index contributed by atoms with van der Waals surface area (Å²) in [6.07, 6.45) is 8.93. The molecule has 3 nitrogen and oxygen atoms in total. The van der Waals surface area contributed by atoms with Crippen LogP contribution in [-0.4, -0.2) is 13.0 Å². The number of aryl methyl sites for hydroxylation is 1. The maximum atomic E-state index is 11.7. The fourth-order valence-corrected chi connectivity index (χ4v) is 3.63. The molecule has 0 aliphatic carbocycles. The van der Waals surface area contributed by atoms with Crippen LogP contribution in [0.15, 0.2) is 17.0 Å². The topological polar surface area (TPSA) is 54.4 Å². The van der Waals surface area contributed by atoms with E-state index in [4.69, 9.17) is 0 Å². The van der Waals surface area contributed by atoms with Crippen molar-refractivity contribution in [2.24, 2.45) is 0 Å². The van der Waals surface area contributed by atoms with Gasteiger partial charge in [-0.15, -0.1) is 0 Å². The highest BCUT2D eigenvalue weighted by Gasteiger charge is 2.20. The highest BCUT2D eigenvalue weighted by Crippen LogP contribution is 2.28. The van der Waals surface area contributed by atoms with Crippen molar-refractivity contribution in [1.82, 2.24) is 0 Å². The van der Waals surface area contributed by atoms with Crippen LogP contribution in [0.3, 0.4) is 0 Å². The summed E-state index contributed by atoms with van der Waals surface area (Å²) >= 11 is 0. The summed E-state index contributed by atoms with van der Waals surface area (Å²) in [6, 6.07) is 3.50. The molecule has 0 spiro atoms. The summed E-state index contributed by atoms with van der Waals surface area (Å²) < 4.78 is 33.0. The lowest BCUT2D eigenvalue weighted by Gasteiger charge is -2.18. The van der Waals surface area contributed by atoms with Gasteiger partial charge in [-0.3, -0.25) is 4.55 Å². The van der Waals surface area contributed by atoms with Crippen molar-refractivity contribution in [3.05, 3.63) is 28.8 Å². The van der Waals surface area contributed by atoms with Gasteiger partial charge in [-0.1, -0.05) is 46.1 Å². The van der Waals surface area contributed by atoms with Crippen molar-refractivity contribution in [3.8, 4) is 0 Å². The average Bonchev–Trinajstić information content (AvgIpc) is 2.47. The number of rotatable bonds is 10. The summed E-state index contributed by atoms with van der Waals surface area (Å²) in [5.41, 5.74) is 3.28. The SMILES string of the molecule is CCCCc1ccc(S(=O)(=O)O)c(CCCC)c1CCCC. The highest BCUT2D eigenvalue weighted by atomic mass is 32.2. The second-order valence-electron chi connectivity index (χ2n) is 5.97. The maximum Gasteiger partial charge on any atom is 0.294 e. The van der Waals surface area contributed by atoms with Crippen LogP contribution in [0.2, 0.25) is 0 Å². The standard InChI is InChI=1S/C18H30O3S/c1-4-7-10-15-13-14-18(22(19,20)21)17(12-9-6-3)16(15)11-8-5-2/h13-14H,4-12H2,1-3H3,(H,19,20,21). The third-order valence-corrected chi connectivity index (χ3v) is 5.06. The van der Waals surface area contributed by atoms with Crippen LogP contribution in [0.5, 0.6) is 0 Å². The van der Waals surface area contributed by atoms with Gasteiger partial charge in [-0.25, -0.2) is 0 Å². The predicted octanol–water partition coefficient (Wildman–Crippen LogP) is 4.96. The van der Waals surface area contributed by atoms with Gasteiger partial charge in [-0.2, -0.15) is 8.42 Å². The first-order valence-corrected chi connectivity index (χ1v) is 10.0. The van der Waals surface area contributed by atoms with Crippen LogP contribution in [0, 0.1) is 0 Å². The lowest BCUT2D eigenvalue weighted by Crippen LogP contribution is -2.10. The van der Waals surface area contributed by atoms with E-state index in [0.29, 0.717) is 0 Å². The Bertz CT molecular complexity index is 562. The van der Waals surface area contributed by atoms with E-state index in [9.17, 15) is 13.0 Å². The minimum Gasteiger partial charge on any atom is -0.282 e. The molecule has 0 unspecified atom stereocenters. The summed E-state index contributed by atoms with van der Waals surface area (Å²) in [5.74, 6) is 0. The first kappa shape index (κ1) is 19.2. The Balaban J connectivity index is 3.36. The smallest absolute Gasteiger partial charge is 0.282 e. The molecule has 0 saturated heterocycles. The Hall–Kier alpha value is -0.870. The molecule has 1 aromatic rings. The summed E-state index contributed by atoms with van der Waals surface area (Å²) in [4.78, 5) is 0.118. The first-order chi connectivity index (χ1) is 10.5. The quantitative estimate of drug-likeness (QED) is 0.618. The van der Waals surface area contributed by atoms with Crippen LogP contribution in [-0.2, 0) is 29.4 Å². The average molecular weight is 327 g/mol. The van der Waals surface area contributed by atoms with E-state index in [-0.39, 0.29) is 4.90 Å². The van der Waals surface area contributed by atoms with Gasteiger partial charge in [0.15, 0.2) is 0 Å². The Morgan fingerprint density at radius 2 is 1.32 bits per heavy atom. The first-order valence-electron chi connectivity index (χ1n) is 8.56. The number of hydrogen-bond donors (Lipinski definition) is 1. The van der Waals surface area contributed by atoms with E-state index < -0.39 is 10.1 Å². The number of hydrogen-bond acceptors (Lipinski definition) is 2. The van der Waals surface area contributed by atoms with Gasteiger partial charge >= 0.3 is 0 Å². The second kappa shape index (κ2) is 9.31. The molecule has 0 fully saturated rings. The van der Waals surface area contributed by atoms with E-state index >= 15 is 0 Å². The molecule has 0 aromatic heterocycles. The lowest BCUT2D eigenvalue weighted by molar-refractivity contribution is 0.481. The molecular weight excluding hydrogens is 296 g/mol. The predicted molar refractivity (Wildman–Crippen MR) is 92.1 cm³/mol. The Kier molecular flexibility index (Phi) is 8.12. The molecule has 0 heterocycles. The van der Waals surface area contributed by atoms with Gasteiger partial charge < -0.3 is 0 Å². The van der Waals surface area contributed by atoms with Gasteiger partial charge in [0.25, 0.3) is 10.1 Å². The monoisotopic (exact) mass is 326 g/mol. The summed E-state index contributed by atoms with van der Waals surface area (Å²) in [6.45, 7) is 6.40. The second-order valence-corrected chi connectivity index (χ2v) is 7.36. The van der Waals surface area contributed by atoms with E-state index in [1.54, 1.807) is 6.07 Å². The Labute approximate surface area is 135 Å². The maximum absolute atomic E-state index is 11.7. The molecule has 0 aliphatic heterocycles. The lowest BCUT2D eigenvalue weighted by atomic mass is 9.91. The van der Waals surface area contributed by atoms with E-state index in [2.05, 4.69) is 20.8 Å².